The van der Waals surface area contributed by atoms with Crippen LogP contribution < -0.4 is 4.74 Å². The first kappa shape index (κ1) is 21.4. The van der Waals surface area contributed by atoms with E-state index in [0.29, 0.717) is 12.2 Å². The van der Waals surface area contributed by atoms with Crippen LogP contribution in [0.3, 0.4) is 0 Å². The van der Waals surface area contributed by atoms with Crippen LogP contribution in [0, 0.1) is 13.8 Å². The summed E-state index contributed by atoms with van der Waals surface area (Å²) in [6, 6.07) is 9.18. The lowest BCUT2D eigenvalue weighted by Gasteiger charge is -2.17. The highest BCUT2D eigenvalue weighted by Gasteiger charge is 2.19. The van der Waals surface area contributed by atoms with Gasteiger partial charge in [-0.3, -0.25) is 4.79 Å². The van der Waals surface area contributed by atoms with E-state index < -0.39 is 5.97 Å². The predicted molar refractivity (Wildman–Crippen MR) is 108 cm³/mol. The van der Waals surface area contributed by atoms with Crippen LogP contribution in [0.1, 0.15) is 40.3 Å². The number of Topliss-reactive ketones (excluding diaryl/α,β-unsaturated/α-hetero) is 1. The number of aromatic nitrogens is 1. The molecule has 1 aromatic heterocycles. The molecular weight excluding hydrogens is 358 g/mol. The normalized spacial score (nSPS) is 12.2. The van der Waals surface area contributed by atoms with E-state index in [1.807, 2.05) is 39.0 Å². The Morgan fingerprint density at radius 2 is 1.82 bits per heavy atom. The van der Waals surface area contributed by atoms with Crippen LogP contribution in [0.4, 0.5) is 0 Å². The maximum Gasteiger partial charge on any atom is 0.331 e. The average Bonchev–Trinajstić information content (AvgIpc) is 2.99. The predicted octanol–water partition coefficient (Wildman–Crippen LogP) is 3.76. The van der Waals surface area contributed by atoms with E-state index in [-0.39, 0.29) is 18.4 Å². The van der Waals surface area contributed by atoms with Crippen LogP contribution in [-0.4, -0.2) is 43.8 Å². The summed E-state index contributed by atoms with van der Waals surface area (Å²) in [4.78, 5) is 24.4. The highest BCUT2D eigenvalue weighted by molar-refractivity contribution is 6.00. The summed E-state index contributed by atoms with van der Waals surface area (Å²) in [5.74, 6) is -0.0522. The van der Waals surface area contributed by atoms with Gasteiger partial charge in [0.05, 0.1) is 19.8 Å². The quantitative estimate of drug-likeness (QED) is 0.374. The molecule has 0 aliphatic carbocycles. The summed E-state index contributed by atoms with van der Waals surface area (Å²) >= 11 is 0. The smallest absolute Gasteiger partial charge is 0.331 e. The Balaban J connectivity index is 1.96. The van der Waals surface area contributed by atoms with Crippen molar-refractivity contribution < 1.29 is 23.8 Å². The third kappa shape index (κ3) is 5.33. The van der Waals surface area contributed by atoms with Crippen molar-refractivity contribution in [1.82, 2.24) is 4.57 Å². The lowest BCUT2D eigenvalue weighted by molar-refractivity contribution is -0.136. The third-order valence-electron chi connectivity index (χ3n) is 4.51. The van der Waals surface area contributed by atoms with Gasteiger partial charge in [-0.1, -0.05) is 12.1 Å². The Hall–Kier alpha value is -2.86. The van der Waals surface area contributed by atoms with Crippen LogP contribution >= 0.6 is 0 Å². The van der Waals surface area contributed by atoms with Crippen LogP contribution in [0.25, 0.3) is 6.08 Å². The number of carbonyl (C=O) groups excluding carboxylic acids is 2. The van der Waals surface area contributed by atoms with E-state index in [0.717, 1.165) is 22.7 Å². The van der Waals surface area contributed by atoms with Crippen molar-refractivity contribution in [3.63, 3.8) is 0 Å². The molecule has 1 heterocycles. The molecule has 2 rings (SSSR count). The maximum atomic E-state index is 12.5. The summed E-state index contributed by atoms with van der Waals surface area (Å²) < 4.78 is 17.5. The number of hydrogen-bond donors (Lipinski definition) is 0. The number of carbonyl (C=O) groups is 2. The van der Waals surface area contributed by atoms with E-state index in [1.54, 1.807) is 32.4 Å². The van der Waals surface area contributed by atoms with Gasteiger partial charge in [0.15, 0.2) is 6.61 Å². The Bertz CT molecular complexity index is 849. The van der Waals surface area contributed by atoms with Gasteiger partial charge >= 0.3 is 5.97 Å². The van der Waals surface area contributed by atoms with Crippen LogP contribution in [0.15, 0.2) is 36.4 Å². The minimum atomic E-state index is -0.564. The van der Waals surface area contributed by atoms with E-state index >= 15 is 0 Å². The maximum absolute atomic E-state index is 12.5. The highest BCUT2D eigenvalue weighted by atomic mass is 16.5. The van der Waals surface area contributed by atoms with E-state index in [4.69, 9.17) is 14.2 Å². The van der Waals surface area contributed by atoms with Gasteiger partial charge in [-0.2, -0.15) is 0 Å². The molecule has 1 aromatic carbocycles. The molecule has 0 amide bonds. The zero-order valence-corrected chi connectivity index (χ0v) is 17.0. The molecule has 0 aliphatic rings. The van der Waals surface area contributed by atoms with Crippen molar-refractivity contribution in [2.24, 2.45) is 0 Å². The van der Waals surface area contributed by atoms with E-state index in [1.165, 1.54) is 6.08 Å². The summed E-state index contributed by atoms with van der Waals surface area (Å²) in [5, 5.41) is 0. The minimum absolute atomic E-state index is 0.113. The van der Waals surface area contributed by atoms with Gasteiger partial charge in [0.2, 0.25) is 5.78 Å². The van der Waals surface area contributed by atoms with Crippen LogP contribution in [-0.2, 0) is 14.3 Å². The molecule has 150 valence electrons. The highest BCUT2D eigenvalue weighted by Crippen LogP contribution is 2.21. The summed E-state index contributed by atoms with van der Waals surface area (Å²) in [5.41, 5.74) is 3.21. The lowest BCUT2D eigenvalue weighted by atomic mass is 10.1. The second-order valence-corrected chi connectivity index (χ2v) is 6.60. The van der Waals surface area contributed by atoms with Crippen molar-refractivity contribution >= 4 is 17.8 Å². The zero-order valence-electron chi connectivity index (χ0n) is 17.0. The SMILES string of the molecule is COC[C@H](C)n1c(C)cc(C(=O)COC(=O)/C=C/c2ccc(OC)cc2)c1C. The molecule has 6 nitrogen and oxygen atoms in total. The molecule has 28 heavy (non-hydrogen) atoms. The fourth-order valence-electron chi connectivity index (χ4n) is 3.20. The van der Waals surface area contributed by atoms with Crippen molar-refractivity contribution in [1.29, 1.82) is 0 Å². The number of benzene rings is 1. The van der Waals surface area contributed by atoms with Gasteiger partial charge in [0, 0.05) is 30.1 Å². The van der Waals surface area contributed by atoms with Crippen LogP contribution in [0.5, 0.6) is 5.75 Å². The Labute approximate surface area is 165 Å². The number of ether oxygens (including phenoxy) is 3. The van der Waals surface area contributed by atoms with Crippen molar-refractivity contribution in [2.45, 2.75) is 26.8 Å². The second-order valence-electron chi connectivity index (χ2n) is 6.60. The number of rotatable bonds is 9. The monoisotopic (exact) mass is 385 g/mol. The van der Waals surface area contributed by atoms with Gasteiger partial charge in [-0.25, -0.2) is 4.79 Å². The molecule has 0 bridgehead atoms. The molecule has 0 saturated carbocycles. The third-order valence-corrected chi connectivity index (χ3v) is 4.51. The summed E-state index contributed by atoms with van der Waals surface area (Å²) in [7, 11) is 3.24. The summed E-state index contributed by atoms with van der Waals surface area (Å²) in [6.07, 6.45) is 2.93. The number of methoxy groups -OCH3 is 2. The molecule has 0 unspecified atom stereocenters. The van der Waals surface area contributed by atoms with Gasteiger partial charge in [0.1, 0.15) is 5.75 Å². The van der Waals surface area contributed by atoms with Gasteiger partial charge in [-0.15, -0.1) is 0 Å². The molecule has 0 saturated heterocycles. The molecule has 1 atom stereocenters. The fourth-order valence-corrected chi connectivity index (χ4v) is 3.20. The largest absolute Gasteiger partial charge is 0.497 e. The molecule has 6 heteroatoms. The number of ketones is 1. The fraction of sp³-hybridized carbons (Fsp3) is 0.364. The van der Waals surface area contributed by atoms with E-state index in [2.05, 4.69) is 4.57 Å². The summed E-state index contributed by atoms with van der Waals surface area (Å²) in [6.45, 7) is 6.11. The van der Waals surface area contributed by atoms with Crippen LogP contribution in [0.2, 0.25) is 0 Å². The average molecular weight is 385 g/mol. The van der Waals surface area contributed by atoms with Crippen molar-refractivity contribution in [3.8, 4) is 5.75 Å². The Morgan fingerprint density at radius 3 is 2.43 bits per heavy atom. The van der Waals surface area contributed by atoms with E-state index in [9.17, 15) is 9.59 Å². The minimum Gasteiger partial charge on any atom is -0.497 e. The first-order chi connectivity index (χ1) is 13.4. The number of nitrogens with zero attached hydrogens (tertiary/aromatic N) is 1. The topological polar surface area (TPSA) is 66.8 Å². The standard InChI is InChI=1S/C22H27NO5/c1-15-12-20(17(3)23(15)16(2)13-26-4)21(24)14-28-22(25)11-8-18-6-9-19(27-5)10-7-18/h6-12,16H,13-14H2,1-5H3/b11-8+/t16-/m0/s1. The molecule has 0 aliphatic heterocycles. The lowest BCUT2D eigenvalue weighted by Crippen LogP contribution is -2.16. The van der Waals surface area contributed by atoms with Crippen molar-refractivity contribution in [3.05, 3.63) is 58.9 Å². The van der Waals surface area contributed by atoms with Gasteiger partial charge < -0.3 is 18.8 Å². The van der Waals surface area contributed by atoms with Crippen molar-refractivity contribution in [2.75, 3.05) is 27.4 Å². The number of hydrogen-bond acceptors (Lipinski definition) is 5. The molecule has 2 aromatic rings. The first-order valence-electron chi connectivity index (χ1n) is 9.06. The molecule has 0 N–H and O–H groups in total. The molecule has 0 spiro atoms. The Morgan fingerprint density at radius 1 is 1.14 bits per heavy atom. The number of esters is 1. The zero-order chi connectivity index (χ0) is 20.7. The Kier molecular flexibility index (Phi) is 7.58. The van der Waals surface area contributed by atoms with Gasteiger partial charge in [0.25, 0.3) is 0 Å². The second kappa shape index (κ2) is 9.90. The molecule has 0 fully saturated rings. The molecule has 0 radical (unpaired) electrons. The number of aryl methyl sites for hydroxylation is 1. The molecular formula is C22H27NO5. The van der Waals surface area contributed by atoms with Gasteiger partial charge in [-0.05, 0) is 50.6 Å². The first-order valence-corrected chi connectivity index (χ1v) is 9.06.